The Morgan fingerprint density at radius 3 is 1.04 bits per heavy atom. The van der Waals surface area contributed by atoms with Crippen molar-refractivity contribution in [1.82, 2.24) is 0 Å². The summed E-state index contributed by atoms with van der Waals surface area (Å²) in [5.41, 5.74) is 20.5. The summed E-state index contributed by atoms with van der Waals surface area (Å²) in [7, 11) is 0. The van der Waals surface area contributed by atoms with Gasteiger partial charge in [-0.15, -0.1) is 18.1 Å². The van der Waals surface area contributed by atoms with Gasteiger partial charge in [-0.05, 0) is 0 Å². The molecule has 3 nitrogen and oxygen atoms in total. The van der Waals surface area contributed by atoms with Gasteiger partial charge < -0.3 is 17.2 Å². The topological polar surface area (TPSA) is 71.4 Å². The Morgan fingerprint density at radius 1 is 0.750 bits per heavy atom. The summed E-state index contributed by atoms with van der Waals surface area (Å²) in [5, 5.41) is 0. The average molecular weight is 475 g/mol. The molecule has 0 aliphatic heterocycles. The number of hydrogen-bond acceptors (Lipinski definition) is 0. The minimum atomic E-state index is -0.888. The second-order valence-electron chi connectivity index (χ2n) is 6.30. The van der Waals surface area contributed by atoms with Gasteiger partial charge in [0.1, 0.15) is 0 Å². The predicted molar refractivity (Wildman–Crippen MR) is 113 cm³/mol. The van der Waals surface area contributed by atoms with E-state index in [4.69, 9.17) is 17.2 Å². The van der Waals surface area contributed by atoms with Gasteiger partial charge in [0.25, 0.3) is 0 Å². The average Bonchev–Trinajstić information content (AvgIpc) is 3.03. The first-order chi connectivity index (χ1) is 10.6. The van der Waals surface area contributed by atoms with Crippen molar-refractivity contribution < 1.29 is 26.2 Å². The van der Waals surface area contributed by atoms with Gasteiger partial charge >= 0.3 is 80.7 Å². The van der Waals surface area contributed by atoms with Gasteiger partial charge in [0, 0.05) is 0 Å². The molecule has 0 aromatic heterocycles. The van der Waals surface area contributed by atoms with Crippen LogP contribution in [0.25, 0.3) is 17.2 Å². The first-order valence-corrected chi connectivity index (χ1v) is 15.0. The summed E-state index contributed by atoms with van der Waals surface area (Å²) in [6.07, 6.45) is 2.92. The van der Waals surface area contributed by atoms with E-state index in [0.717, 1.165) is 19.3 Å². The summed E-state index contributed by atoms with van der Waals surface area (Å²) in [4.78, 5) is 0. The molecule has 3 N–H and O–H groups in total. The van der Waals surface area contributed by atoms with Crippen LogP contribution >= 0.6 is 0 Å². The van der Waals surface area contributed by atoms with Crippen LogP contribution in [-0.4, -0.2) is 32.5 Å². The maximum Gasteiger partial charge on any atom is 4.00 e. The van der Waals surface area contributed by atoms with Gasteiger partial charge in [-0.2, -0.15) is 0 Å². The normalized spacial score (nSPS) is 12.8. The molecular weight excluding hydrogens is 434 g/mol. The first kappa shape index (κ1) is 32.3. The van der Waals surface area contributed by atoms with Crippen LogP contribution in [0.2, 0.25) is 11.5 Å². The molecule has 5 heteroatoms. The maximum absolute atomic E-state index is 6.83. The van der Waals surface area contributed by atoms with Crippen LogP contribution in [0.3, 0.4) is 0 Å². The van der Waals surface area contributed by atoms with Crippen molar-refractivity contribution in [2.24, 2.45) is 0 Å². The van der Waals surface area contributed by atoms with E-state index in [1.807, 2.05) is 41.5 Å². The van der Waals surface area contributed by atoms with Gasteiger partial charge in [-0.3, -0.25) is 0 Å². The molecule has 0 radical (unpaired) electrons. The van der Waals surface area contributed by atoms with Crippen molar-refractivity contribution in [2.45, 2.75) is 90.4 Å². The fraction of sp³-hybridized carbons (Fsp3) is 0.737. The Labute approximate surface area is 176 Å². The smallest absolute Gasteiger partial charge is 4.00 e. The van der Waals surface area contributed by atoms with Crippen LogP contribution in [0.15, 0.2) is 24.3 Å². The molecule has 1 rings (SSSR count). The Balaban J connectivity index is -0.000000113. The van der Waals surface area contributed by atoms with Crippen LogP contribution in [0.4, 0.5) is 0 Å². The summed E-state index contributed by atoms with van der Waals surface area (Å²) in [6.45, 7) is 11.7. The molecule has 0 heterocycles. The molecule has 0 fully saturated rings. The summed E-state index contributed by atoms with van der Waals surface area (Å²) >= 11 is -0.888. The quantitative estimate of drug-likeness (QED) is 0.347. The summed E-state index contributed by atoms with van der Waals surface area (Å²) in [6, 6.07) is 9.14. The van der Waals surface area contributed by atoms with Crippen molar-refractivity contribution in [3.8, 4) is 0 Å². The Morgan fingerprint density at radius 2 is 0.958 bits per heavy atom. The predicted octanol–water partition coefficient (Wildman–Crippen LogP) is 6.61. The number of rotatable bonds is 4. The zero-order valence-electron chi connectivity index (χ0n) is 17.2. The van der Waals surface area contributed by atoms with E-state index >= 15 is 0 Å². The second-order valence-corrected chi connectivity index (χ2v) is 12.5. The van der Waals surface area contributed by atoms with Crippen LogP contribution in [0.1, 0.15) is 60.8 Å². The van der Waals surface area contributed by atoms with Gasteiger partial charge in [-0.25, -0.2) is 0 Å². The standard InChI is InChI=1S/C7H11Ge.3C4H10N.Zr/c1-8(2)7-5-3-4-6-7;3*1-3-4(2)5;/h3-6,8H,1-2H3;3*4-5H,3H2,1-2H3;/q4*-1;+4. The van der Waals surface area contributed by atoms with Gasteiger partial charge in [0.05, 0.1) is 0 Å². The molecule has 140 valence electrons. The third-order valence-corrected chi connectivity index (χ3v) is 6.80. The molecule has 0 aliphatic rings. The molecule has 1 aromatic carbocycles. The van der Waals surface area contributed by atoms with E-state index in [2.05, 4.69) is 35.8 Å². The van der Waals surface area contributed by atoms with Crippen molar-refractivity contribution in [2.75, 3.05) is 0 Å². The molecule has 1 aromatic rings. The molecule has 3 unspecified atom stereocenters. The van der Waals surface area contributed by atoms with Crippen LogP contribution in [0, 0.1) is 0 Å². The van der Waals surface area contributed by atoms with E-state index in [-0.39, 0.29) is 44.3 Å². The fourth-order valence-corrected chi connectivity index (χ4v) is 2.86. The largest absolute Gasteiger partial charge is 4.00 e. The summed E-state index contributed by atoms with van der Waals surface area (Å²) in [5.74, 6) is 4.78. The van der Waals surface area contributed by atoms with E-state index < -0.39 is 14.3 Å². The van der Waals surface area contributed by atoms with Crippen LogP contribution in [-0.2, 0) is 26.2 Å². The molecule has 0 aliphatic carbocycles. The molecular formula is C19H41GeN3Zr. The Kier molecular flexibility index (Phi) is 31.9. The van der Waals surface area contributed by atoms with Crippen molar-refractivity contribution in [1.29, 1.82) is 0 Å². The molecule has 0 saturated carbocycles. The first-order valence-electron chi connectivity index (χ1n) is 8.96. The SMILES string of the molecule is CCC(C)[NH-].CCC(C)[NH-].CCC(C)[NH-].[CH3][GeH]([CH3])[c-]1cccc1.[Zr+4]. The van der Waals surface area contributed by atoms with Gasteiger partial charge in [0.2, 0.25) is 0 Å². The van der Waals surface area contributed by atoms with E-state index in [9.17, 15) is 0 Å². The maximum atomic E-state index is 6.83. The molecule has 0 spiro atoms. The van der Waals surface area contributed by atoms with E-state index in [1.165, 1.54) is 0 Å². The van der Waals surface area contributed by atoms with E-state index in [1.54, 1.807) is 4.40 Å². The second kappa shape index (κ2) is 23.7. The van der Waals surface area contributed by atoms with Crippen molar-refractivity contribution >= 4 is 18.7 Å². The fourth-order valence-electron chi connectivity index (χ4n) is 0.774. The zero-order chi connectivity index (χ0) is 18.8. The Hall–Kier alpha value is 0.656. The Bertz CT molecular complexity index is 281. The summed E-state index contributed by atoms with van der Waals surface area (Å²) < 4.78 is 1.62. The minimum absolute atomic E-state index is 0. The van der Waals surface area contributed by atoms with E-state index in [0.29, 0.717) is 0 Å². The molecule has 0 saturated heterocycles. The third-order valence-electron chi connectivity index (χ3n) is 3.19. The molecule has 0 bridgehead atoms. The molecule has 24 heavy (non-hydrogen) atoms. The van der Waals surface area contributed by atoms with Crippen molar-refractivity contribution in [3.63, 3.8) is 0 Å². The van der Waals surface area contributed by atoms with Gasteiger partial charge in [0.15, 0.2) is 0 Å². The minimum Gasteiger partial charge on any atom is 4.00 e. The van der Waals surface area contributed by atoms with Gasteiger partial charge in [-0.1, -0.05) is 60.8 Å². The van der Waals surface area contributed by atoms with Crippen molar-refractivity contribution in [3.05, 3.63) is 41.5 Å². The van der Waals surface area contributed by atoms with Crippen LogP contribution < -0.4 is 4.40 Å². The zero-order valence-corrected chi connectivity index (χ0v) is 22.1. The third kappa shape index (κ3) is 34.1. The number of hydrogen-bond donors (Lipinski definition) is 0. The molecule has 0 amide bonds. The number of nitrogens with one attached hydrogen (secondary N) is 3. The monoisotopic (exact) mass is 475 g/mol. The van der Waals surface area contributed by atoms with Crippen LogP contribution in [0.5, 0.6) is 0 Å². The molecule has 3 atom stereocenters.